The standard InChI is InChI=1S/C10H18INO2/c1-10(2,3)8-6-7(11)4-5-12(8)9(13)14/h7-8H,4-6H2,1-3H3,(H,13,14). The monoisotopic (exact) mass is 311 g/mol. The number of hydrogen-bond donors (Lipinski definition) is 1. The highest BCUT2D eigenvalue weighted by Crippen LogP contribution is 2.34. The van der Waals surface area contributed by atoms with Gasteiger partial charge in [-0.25, -0.2) is 4.79 Å². The number of amides is 1. The Morgan fingerprint density at radius 2 is 2.07 bits per heavy atom. The molecule has 0 spiro atoms. The van der Waals surface area contributed by atoms with Crippen LogP contribution in [0.3, 0.4) is 0 Å². The van der Waals surface area contributed by atoms with Crippen LogP contribution >= 0.6 is 22.6 Å². The number of carbonyl (C=O) groups is 1. The Labute approximate surface area is 99.0 Å². The average Bonchev–Trinajstić information content (AvgIpc) is 2.01. The number of likely N-dealkylation sites (tertiary alicyclic amines) is 1. The van der Waals surface area contributed by atoms with E-state index in [0.717, 1.165) is 12.8 Å². The fraction of sp³-hybridized carbons (Fsp3) is 0.900. The number of carboxylic acid groups (broad SMARTS) is 1. The van der Waals surface area contributed by atoms with E-state index in [0.29, 0.717) is 10.5 Å². The molecule has 2 unspecified atom stereocenters. The summed E-state index contributed by atoms with van der Waals surface area (Å²) in [5.41, 5.74) is 0.0439. The molecule has 0 aromatic carbocycles. The maximum Gasteiger partial charge on any atom is 0.407 e. The quantitative estimate of drug-likeness (QED) is 0.552. The normalized spacial score (nSPS) is 29.0. The van der Waals surface area contributed by atoms with Gasteiger partial charge in [0, 0.05) is 16.5 Å². The predicted molar refractivity (Wildman–Crippen MR) is 65.0 cm³/mol. The van der Waals surface area contributed by atoms with Gasteiger partial charge in [0.1, 0.15) is 0 Å². The lowest BCUT2D eigenvalue weighted by Crippen LogP contribution is -2.51. The van der Waals surface area contributed by atoms with Gasteiger partial charge in [0.05, 0.1) is 0 Å². The summed E-state index contributed by atoms with van der Waals surface area (Å²) in [6.45, 7) is 7.03. The van der Waals surface area contributed by atoms with E-state index in [1.165, 1.54) is 0 Å². The van der Waals surface area contributed by atoms with Crippen molar-refractivity contribution in [2.75, 3.05) is 6.54 Å². The molecule has 0 radical (unpaired) electrons. The molecule has 2 atom stereocenters. The SMILES string of the molecule is CC(C)(C)C1CC(I)CCN1C(=O)O. The van der Waals surface area contributed by atoms with Gasteiger partial charge < -0.3 is 10.0 Å². The second-order valence-corrected chi connectivity index (χ2v) is 6.74. The second kappa shape index (κ2) is 4.24. The van der Waals surface area contributed by atoms with Crippen LogP contribution in [0.25, 0.3) is 0 Å². The number of halogens is 1. The molecule has 0 bridgehead atoms. The van der Waals surface area contributed by atoms with Gasteiger partial charge in [0.25, 0.3) is 0 Å². The first kappa shape index (κ1) is 12.1. The molecule has 0 saturated carbocycles. The maximum atomic E-state index is 11.0. The number of rotatable bonds is 0. The molecule has 1 amide bonds. The summed E-state index contributed by atoms with van der Waals surface area (Å²) in [5.74, 6) is 0. The lowest BCUT2D eigenvalue weighted by atomic mass is 9.81. The highest BCUT2D eigenvalue weighted by atomic mass is 127. The average molecular weight is 311 g/mol. The molecule has 1 aliphatic rings. The Balaban J connectivity index is 2.79. The van der Waals surface area contributed by atoms with Crippen LogP contribution in [0, 0.1) is 5.41 Å². The summed E-state index contributed by atoms with van der Waals surface area (Å²) in [6.07, 6.45) is 1.20. The van der Waals surface area contributed by atoms with Crippen molar-refractivity contribution in [2.24, 2.45) is 5.41 Å². The Morgan fingerprint density at radius 1 is 1.50 bits per heavy atom. The fourth-order valence-electron chi connectivity index (χ4n) is 1.97. The predicted octanol–water partition coefficient (Wildman–Crippen LogP) is 2.98. The van der Waals surface area contributed by atoms with Crippen LogP contribution in [0.5, 0.6) is 0 Å². The zero-order valence-electron chi connectivity index (χ0n) is 8.96. The molecule has 0 aromatic rings. The molecule has 1 fully saturated rings. The molecule has 82 valence electrons. The van der Waals surface area contributed by atoms with Crippen LogP contribution in [0.4, 0.5) is 4.79 Å². The van der Waals surface area contributed by atoms with Crippen molar-refractivity contribution in [1.29, 1.82) is 0 Å². The van der Waals surface area contributed by atoms with Crippen LogP contribution in [-0.4, -0.2) is 32.6 Å². The summed E-state index contributed by atoms with van der Waals surface area (Å²) in [5, 5.41) is 9.08. The molecule has 3 nitrogen and oxygen atoms in total. The van der Waals surface area contributed by atoms with E-state index in [1.807, 2.05) is 0 Å². The van der Waals surface area contributed by atoms with Gasteiger partial charge in [-0.2, -0.15) is 0 Å². The largest absolute Gasteiger partial charge is 0.465 e. The van der Waals surface area contributed by atoms with E-state index in [2.05, 4.69) is 43.4 Å². The zero-order chi connectivity index (χ0) is 10.9. The van der Waals surface area contributed by atoms with Crippen molar-refractivity contribution in [3.63, 3.8) is 0 Å². The van der Waals surface area contributed by atoms with Crippen LogP contribution in [-0.2, 0) is 0 Å². The molecule has 0 aliphatic carbocycles. The zero-order valence-corrected chi connectivity index (χ0v) is 11.1. The number of hydrogen-bond acceptors (Lipinski definition) is 1. The van der Waals surface area contributed by atoms with Crippen molar-refractivity contribution >= 4 is 28.7 Å². The van der Waals surface area contributed by atoms with Crippen molar-refractivity contribution in [2.45, 2.75) is 43.6 Å². The Morgan fingerprint density at radius 3 is 2.50 bits per heavy atom. The van der Waals surface area contributed by atoms with Crippen LogP contribution < -0.4 is 0 Å². The third-order valence-electron chi connectivity index (χ3n) is 2.78. The summed E-state index contributed by atoms with van der Waals surface area (Å²) in [4.78, 5) is 12.6. The van der Waals surface area contributed by atoms with Gasteiger partial charge in [-0.05, 0) is 18.3 Å². The molecule has 1 heterocycles. The van der Waals surface area contributed by atoms with Crippen molar-refractivity contribution in [3.8, 4) is 0 Å². The van der Waals surface area contributed by atoms with Crippen molar-refractivity contribution in [1.82, 2.24) is 4.90 Å². The molecule has 1 N–H and O–H groups in total. The summed E-state index contributed by atoms with van der Waals surface area (Å²) in [6, 6.07) is 0.163. The molecule has 1 rings (SSSR count). The molecule has 1 aliphatic heterocycles. The van der Waals surface area contributed by atoms with E-state index in [1.54, 1.807) is 4.90 Å². The number of alkyl halides is 1. The third-order valence-corrected chi connectivity index (χ3v) is 3.92. The first-order chi connectivity index (χ1) is 6.32. The summed E-state index contributed by atoms with van der Waals surface area (Å²) >= 11 is 2.43. The van der Waals surface area contributed by atoms with Gasteiger partial charge in [0.2, 0.25) is 0 Å². The van der Waals surface area contributed by atoms with E-state index >= 15 is 0 Å². The van der Waals surface area contributed by atoms with Crippen molar-refractivity contribution < 1.29 is 9.90 Å². The molecule has 14 heavy (non-hydrogen) atoms. The fourth-order valence-corrected chi connectivity index (χ4v) is 2.73. The maximum absolute atomic E-state index is 11.0. The van der Waals surface area contributed by atoms with Crippen LogP contribution in [0.15, 0.2) is 0 Å². The first-order valence-electron chi connectivity index (χ1n) is 4.96. The lowest BCUT2D eigenvalue weighted by molar-refractivity contribution is 0.0627. The Bertz CT molecular complexity index is 225. The molecule has 0 aromatic heterocycles. The highest BCUT2D eigenvalue weighted by molar-refractivity contribution is 14.1. The molecular weight excluding hydrogens is 293 g/mol. The summed E-state index contributed by atoms with van der Waals surface area (Å²) in [7, 11) is 0. The smallest absolute Gasteiger partial charge is 0.407 e. The topological polar surface area (TPSA) is 40.5 Å². The molecular formula is C10H18INO2. The Kier molecular flexibility index (Phi) is 3.66. The van der Waals surface area contributed by atoms with Gasteiger partial charge in [-0.3, -0.25) is 0 Å². The van der Waals surface area contributed by atoms with Crippen LogP contribution in [0.2, 0.25) is 0 Å². The van der Waals surface area contributed by atoms with E-state index < -0.39 is 6.09 Å². The molecule has 1 saturated heterocycles. The Hall–Kier alpha value is 0. The number of nitrogens with zero attached hydrogens (tertiary/aromatic N) is 1. The second-order valence-electron chi connectivity index (χ2n) is 4.98. The van der Waals surface area contributed by atoms with Gasteiger partial charge in [-0.15, -0.1) is 0 Å². The van der Waals surface area contributed by atoms with Crippen molar-refractivity contribution in [3.05, 3.63) is 0 Å². The minimum absolute atomic E-state index is 0.0439. The van der Waals surface area contributed by atoms with Gasteiger partial charge >= 0.3 is 6.09 Å². The number of piperidine rings is 1. The summed E-state index contributed by atoms with van der Waals surface area (Å²) < 4.78 is 0.618. The van der Waals surface area contributed by atoms with E-state index in [-0.39, 0.29) is 11.5 Å². The first-order valence-corrected chi connectivity index (χ1v) is 6.20. The third kappa shape index (κ3) is 2.74. The highest BCUT2D eigenvalue weighted by Gasteiger charge is 2.37. The van der Waals surface area contributed by atoms with Gasteiger partial charge in [0.15, 0.2) is 0 Å². The van der Waals surface area contributed by atoms with E-state index in [9.17, 15) is 4.79 Å². The van der Waals surface area contributed by atoms with E-state index in [4.69, 9.17) is 5.11 Å². The lowest BCUT2D eigenvalue weighted by Gasteiger charge is -2.43. The minimum Gasteiger partial charge on any atom is -0.465 e. The van der Waals surface area contributed by atoms with Gasteiger partial charge in [-0.1, -0.05) is 43.4 Å². The molecule has 4 heteroatoms. The van der Waals surface area contributed by atoms with Crippen LogP contribution in [0.1, 0.15) is 33.6 Å². The minimum atomic E-state index is -0.770.